The molecule has 8 nitrogen and oxygen atoms in total. The molecule has 11 heteroatoms. The summed E-state index contributed by atoms with van der Waals surface area (Å²) in [6, 6.07) is 8.89. The van der Waals surface area contributed by atoms with Crippen LogP contribution in [0.25, 0.3) is 0 Å². The van der Waals surface area contributed by atoms with Crippen LogP contribution in [-0.4, -0.2) is 57.1 Å². The van der Waals surface area contributed by atoms with Crippen molar-refractivity contribution in [2.24, 2.45) is 0 Å². The van der Waals surface area contributed by atoms with E-state index in [-0.39, 0.29) is 29.2 Å². The average molecular weight is 528 g/mol. The summed E-state index contributed by atoms with van der Waals surface area (Å²) in [5, 5.41) is 2.98. The summed E-state index contributed by atoms with van der Waals surface area (Å²) in [7, 11) is -2.47. The van der Waals surface area contributed by atoms with E-state index >= 15 is 0 Å². The first-order chi connectivity index (χ1) is 16.4. The maximum absolute atomic E-state index is 13.6. The van der Waals surface area contributed by atoms with Gasteiger partial charge in [-0.05, 0) is 56.2 Å². The molecule has 0 radical (unpaired) electrons. The zero-order valence-electron chi connectivity index (χ0n) is 20.4. The van der Waals surface area contributed by atoms with Crippen LogP contribution < -0.4 is 14.4 Å². The third-order valence-corrected chi connectivity index (χ3v) is 6.62. The van der Waals surface area contributed by atoms with Gasteiger partial charge in [-0.25, -0.2) is 12.8 Å². The van der Waals surface area contributed by atoms with Gasteiger partial charge in [0.2, 0.25) is 21.8 Å². The third-order valence-electron chi connectivity index (χ3n) is 5.19. The molecule has 192 valence electrons. The first-order valence-electron chi connectivity index (χ1n) is 11.0. The minimum atomic E-state index is -3.90. The van der Waals surface area contributed by atoms with Gasteiger partial charge in [-0.3, -0.25) is 13.9 Å². The van der Waals surface area contributed by atoms with Crippen LogP contribution in [0.15, 0.2) is 42.5 Å². The van der Waals surface area contributed by atoms with E-state index in [0.717, 1.165) is 10.6 Å². The van der Waals surface area contributed by atoms with Gasteiger partial charge in [0.05, 0.1) is 24.1 Å². The maximum atomic E-state index is 13.6. The Morgan fingerprint density at radius 1 is 1.14 bits per heavy atom. The summed E-state index contributed by atoms with van der Waals surface area (Å²) in [5.41, 5.74) is 0.766. The Bertz CT molecular complexity index is 1140. The average Bonchev–Trinajstić information content (AvgIpc) is 2.77. The van der Waals surface area contributed by atoms with Gasteiger partial charge in [0.1, 0.15) is 24.2 Å². The molecule has 2 rings (SSSR count). The number of rotatable bonds is 11. The minimum Gasteiger partial charge on any atom is -0.495 e. The Labute approximate surface area is 211 Å². The smallest absolute Gasteiger partial charge is 0.244 e. The second kappa shape index (κ2) is 12.2. The number of carbonyl (C=O) groups is 2. The van der Waals surface area contributed by atoms with Crippen molar-refractivity contribution in [2.75, 3.05) is 24.2 Å². The molecule has 0 aliphatic rings. The lowest BCUT2D eigenvalue weighted by atomic mass is 10.1. The number of methoxy groups -OCH3 is 1. The fraction of sp³-hybridized carbons (Fsp3) is 0.417. The van der Waals surface area contributed by atoms with Crippen LogP contribution in [0, 0.1) is 5.82 Å². The molecule has 2 amide bonds. The highest BCUT2D eigenvalue weighted by Gasteiger charge is 2.32. The number of carbonyl (C=O) groups excluding carboxylic acids is 2. The van der Waals surface area contributed by atoms with Gasteiger partial charge in [0, 0.05) is 12.6 Å². The number of nitrogens with zero attached hydrogens (tertiary/aromatic N) is 2. The molecule has 0 saturated carbocycles. The van der Waals surface area contributed by atoms with Crippen molar-refractivity contribution in [1.29, 1.82) is 0 Å². The van der Waals surface area contributed by atoms with Gasteiger partial charge >= 0.3 is 0 Å². The van der Waals surface area contributed by atoms with E-state index in [2.05, 4.69) is 5.32 Å². The molecule has 0 heterocycles. The highest BCUT2D eigenvalue weighted by Crippen LogP contribution is 2.30. The van der Waals surface area contributed by atoms with Crippen LogP contribution in [0.5, 0.6) is 5.75 Å². The number of hydrogen-bond donors (Lipinski definition) is 1. The minimum absolute atomic E-state index is 0.00982. The number of benzene rings is 2. The van der Waals surface area contributed by atoms with Crippen LogP contribution in [0.2, 0.25) is 5.02 Å². The van der Waals surface area contributed by atoms with Crippen LogP contribution in [0.1, 0.15) is 32.8 Å². The molecule has 2 aromatic rings. The van der Waals surface area contributed by atoms with E-state index in [0.29, 0.717) is 17.7 Å². The Balaban J connectivity index is 2.45. The molecule has 2 aromatic carbocycles. The number of amides is 2. The van der Waals surface area contributed by atoms with Crippen molar-refractivity contribution in [3.8, 4) is 5.75 Å². The molecular formula is C24H31ClFN3O5S. The number of ether oxygens (including phenoxy) is 1. The standard InChI is InChI=1S/C24H31ClFN3O5S/c1-6-21(24(31)27-16(2)3)28(14-17-7-9-18(26)10-8-17)23(30)15-29(35(5,32)33)19-11-12-22(34-4)20(25)13-19/h7-13,16,21H,6,14-15H2,1-5H3,(H,27,31)/t21-/m0/s1. The molecule has 0 aliphatic carbocycles. The topological polar surface area (TPSA) is 96.0 Å². The fourth-order valence-corrected chi connectivity index (χ4v) is 4.60. The van der Waals surface area contributed by atoms with Crippen molar-refractivity contribution in [3.05, 3.63) is 58.9 Å². The Kier molecular flexibility index (Phi) is 9.91. The molecule has 0 aromatic heterocycles. The molecular weight excluding hydrogens is 497 g/mol. The third kappa shape index (κ3) is 7.83. The molecule has 0 saturated heterocycles. The fourth-order valence-electron chi connectivity index (χ4n) is 3.51. The zero-order valence-corrected chi connectivity index (χ0v) is 22.0. The number of anilines is 1. The summed E-state index contributed by atoms with van der Waals surface area (Å²) >= 11 is 6.18. The zero-order chi connectivity index (χ0) is 26.3. The first-order valence-corrected chi connectivity index (χ1v) is 13.3. The second-order valence-electron chi connectivity index (χ2n) is 8.32. The van der Waals surface area contributed by atoms with Gasteiger partial charge in [0.15, 0.2) is 0 Å². The van der Waals surface area contributed by atoms with E-state index in [9.17, 15) is 22.4 Å². The Morgan fingerprint density at radius 2 is 1.77 bits per heavy atom. The molecule has 0 fully saturated rings. The molecule has 0 bridgehead atoms. The molecule has 1 N–H and O–H groups in total. The summed E-state index contributed by atoms with van der Waals surface area (Å²) < 4.78 is 44.7. The van der Waals surface area contributed by atoms with Gasteiger partial charge in [-0.15, -0.1) is 0 Å². The molecule has 0 spiro atoms. The number of sulfonamides is 1. The normalized spacial score (nSPS) is 12.2. The largest absolute Gasteiger partial charge is 0.495 e. The summed E-state index contributed by atoms with van der Waals surface area (Å²) in [6.45, 7) is 4.79. The van der Waals surface area contributed by atoms with Gasteiger partial charge < -0.3 is 15.0 Å². The van der Waals surface area contributed by atoms with Crippen molar-refractivity contribution in [2.45, 2.75) is 45.8 Å². The lowest BCUT2D eigenvalue weighted by Crippen LogP contribution is -2.53. The number of hydrogen-bond acceptors (Lipinski definition) is 5. The van der Waals surface area contributed by atoms with Gasteiger partial charge in [-0.1, -0.05) is 30.7 Å². The van der Waals surface area contributed by atoms with E-state index in [1.807, 2.05) is 0 Å². The second-order valence-corrected chi connectivity index (χ2v) is 10.6. The van der Waals surface area contributed by atoms with E-state index < -0.39 is 34.3 Å². The Hall–Kier alpha value is -2.85. The predicted molar refractivity (Wildman–Crippen MR) is 135 cm³/mol. The van der Waals surface area contributed by atoms with Crippen LogP contribution in [0.4, 0.5) is 10.1 Å². The highest BCUT2D eigenvalue weighted by molar-refractivity contribution is 7.92. The van der Waals surface area contributed by atoms with Crippen LogP contribution in [-0.2, 0) is 26.2 Å². The lowest BCUT2D eigenvalue weighted by molar-refractivity contribution is -0.140. The summed E-state index contributed by atoms with van der Waals surface area (Å²) in [4.78, 5) is 27.8. The SMILES string of the molecule is CC[C@@H](C(=O)NC(C)C)N(Cc1ccc(F)cc1)C(=O)CN(c1ccc(OC)c(Cl)c1)S(C)(=O)=O. The Morgan fingerprint density at radius 3 is 2.26 bits per heavy atom. The lowest BCUT2D eigenvalue weighted by Gasteiger charge is -2.33. The predicted octanol–water partition coefficient (Wildman–Crippen LogP) is 3.59. The van der Waals surface area contributed by atoms with Crippen molar-refractivity contribution >= 4 is 39.1 Å². The quantitative estimate of drug-likeness (QED) is 0.482. The van der Waals surface area contributed by atoms with Gasteiger partial charge in [0.25, 0.3) is 0 Å². The first kappa shape index (κ1) is 28.4. The van der Waals surface area contributed by atoms with E-state index in [4.69, 9.17) is 16.3 Å². The van der Waals surface area contributed by atoms with Crippen molar-refractivity contribution in [1.82, 2.24) is 10.2 Å². The van der Waals surface area contributed by atoms with Crippen molar-refractivity contribution in [3.63, 3.8) is 0 Å². The molecule has 35 heavy (non-hydrogen) atoms. The number of halogens is 2. The maximum Gasteiger partial charge on any atom is 0.244 e. The highest BCUT2D eigenvalue weighted by atomic mass is 35.5. The molecule has 0 unspecified atom stereocenters. The molecule has 0 aliphatic heterocycles. The summed E-state index contributed by atoms with van der Waals surface area (Å²) in [5.74, 6) is -1.05. The van der Waals surface area contributed by atoms with Crippen LogP contribution >= 0.6 is 11.6 Å². The van der Waals surface area contributed by atoms with Crippen molar-refractivity contribution < 1.29 is 27.1 Å². The monoisotopic (exact) mass is 527 g/mol. The number of nitrogens with one attached hydrogen (secondary N) is 1. The molecule has 1 atom stereocenters. The van der Waals surface area contributed by atoms with Crippen LogP contribution in [0.3, 0.4) is 0 Å². The summed E-state index contributed by atoms with van der Waals surface area (Å²) in [6.07, 6.45) is 1.27. The van der Waals surface area contributed by atoms with E-state index in [1.54, 1.807) is 20.8 Å². The van der Waals surface area contributed by atoms with Gasteiger partial charge in [-0.2, -0.15) is 0 Å². The van der Waals surface area contributed by atoms with E-state index in [1.165, 1.54) is 54.5 Å².